The van der Waals surface area contributed by atoms with Crippen LogP contribution in [0.3, 0.4) is 0 Å². The van der Waals surface area contributed by atoms with Crippen LogP contribution in [0, 0.1) is 23.2 Å². The highest BCUT2D eigenvalue weighted by Gasteiger charge is 2.18. The van der Waals surface area contributed by atoms with Crippen LogP contribution in [0.4, 0.5) is 11.5 Å². The average Bonchev–Trinajstić information content (AvgIpc) is 3.58. The molecule has 0 unspecified atom stereocenters. The molecule has 0 radical (unpaired) electrons. The summed E-state index contributed by atoms with van der Waals surface area (Å²) >= 11 is 0. The van der Waals surface area contributed by atoms with Crippen molar-refractivity contribution in [1.82, 2.24) is 4.57 Å². The quantitative estimate of drug-likeness (QED) is 0.0496. The summed E-state index contributed by atoms with van der Waals surface area (Å²) < 4.78 is 2.36. The molecule has 4 rings (SSSR count). The molecule has 0 saturated heterocycles. The zero-order valence-corrected chi connectivity index (χ0v) is 52.5. The van der Waals surface area contributed by atoms with Crippen molar-refractivity contribution in [2.75, 3.05) is 11.5 Å². The Kier molecular flexibility index (Phi) is 27.4. The molecule has 76 heavy (non-hydrogen) atoms. The lowest BCUT2D eigenvalue weighted by Crippen LogP contribution is -2.10. The van der Waals surface area contributed by atoms with Crippen molar-refractivity contribution < 1.29 is 0 Å². The predicted octanol–water partition coefficient (Wildman–Crippen LogP) is 23.0. The number of hydrogen-bond acceptors (Lipinski definition) is 2. The highest BCUT2D eigenvalue weighted by atomic mass is 15.0. The minimum Gasteiger partial charge on any atom is -0.398 e. The van der Waals surface area contributed by atoms with Crippen LogP contribution in [-0.4, -0.2) is 4.57 Å². The number of aryl methyl sites for hydroxylation is 1. The van der Waals surface area contributed by atoms with Crippen LogP contribution in [0.5, 0.6) is 0 Å². The number of allylic oxidation sites excluding steroid dienone is 13. The van der Waals surface area contributed by atoms with Crippen LogP contribution in [0.1, 0.15) is 248 Å². The van der Waals surface area contributed by atoms with Gasteiger partial charge in [0, 0.05) is 28.7 Å². The summed E-state index contributed by atoms with van der Waals surface area (Å²) in [5.41, 5.74) is 32.6. The van der Waals surface area contributed by atoms with Gasteiger partial charge in [-0.05, 0) is 138 Å². The number of nitrogen functional groups attached to an aromatic ring is 2. The van der Waals surface area contributed by atoms with Gasteiger partial charge in [0.1, 0.15) is 5.82 Å². The molecule has 1 heterocycles. The lowest BCUT2D eigenvalue weighted by Gasteiger charge is -2.19. The lowest BCUT2D eigenvalue weighted by molar-refractivity contribution is 0.420. The van der Waals surface area contributed by atoms with E-state index in [9.17, 15) is 0 Å². The number of unbranched alkanes of at least 4 members (excludes halogenated alkanes) is 5. The van der Waals surface area contributed by atoms with E-state index in [1.54, 1.807) is 0 Å². The third kappa shape index (κ3) is 22.7. The number of fused-ring (bicyclic) bond motifs is 1. The van der Waals surface area contributed by atoms with Gasteiger partial charge >= 0.3 is 0 Å². The fourth-order valence-corrected chi connectivity index (χ4v) is 8.78. The van der Waals surface area contributed by atoms with Crippen molar-refractivity contribution in [2.24, 2.45) is 16.2 Å². The third-order valence-corrected chi connectivity index (χ3v) is 14.1. The van der Waals surface area contributed by atoms with Crippen LogP contribution in [-0.2, 0) is 12.0 Å². The molecule has 3 aromatic carbocycles. The molecule has 1 aromatic heterocycles. The normalized spacial score (nSPS) is 13.3. The van der Waals surface area contributed by atoms with Crippen LogP contribution in [0.2, 0.25) is 0 Å². The monoisotopic (exact) mass is 1030 g/mol. The molecule has 0 atom stereocenters. The first kappa shape index (κ1) is 66.8. The zero-order chi connectivity index (χ0) is 57.6. The van der Waals surface area contributed by atoms with E-state index >= 15 is 0 Å². The minimum atomic E-state index is 0.156. The van der Waals surface area contributed by atoms with Gasteiger partial charge in [0.05, 0.1) is 5.52 Å². The van der Waals surface area contributed by atoms with E-state index in [-0.39, 0.29) is 16.2 Å². The summed E-state index contributed by atoms with van der Waals surface area (Å²) in [5, 5.41) is 1.24. The molecule has 4 N–H and O–H groups in total. The summed E-state index contributed by atoms with van der Waals surface area (Å²) in [4.78, 5) is 0. The van der Waals surface area contributed by atoms with Gasteiger partial charge in [-0.15, -0.1) is 0 Å². The van der Waals surface area contributed by atoms with Crippen LogP contribution in [0.15, 0.2) is 121 Å². The Morgan fingerprint density at radius 1 is 0.618 bits per heavy atom. The molecular weight excluding hydrogens is 919 g/mol. The molecule has 3 heteroatoms. The molecule has 0 fully saturated rings. The summed E-state index contributed by atoms with van der Waals surface area (Å²) in [5.74, 6) is 0.882. The topological polar surface area (TPSA) is 57.0 Å². The van der Waals surface area contributed by atoms with E-state index in [0.717, 1.165) is 84.4 Å². The Hall–Kier alpha value is -5.28. The molecule has 0 spiro atoms. The first-order valence-electron chi connectivity index (χ1n) is 29.2. The smallest absolute Gasteiger partial charge is 0.111 e. The standard InChI is InChI=1S/C48H71N3.C22H32.C3H8/c1-13-15-16-17-18-19-32-51-44-33-39(27-28-42(44)43(46(51)50)22-20-31-47(7,8)9)34(3)24-26-38(21-14-2)41-30-29-40(37(6)45(41)49)35(4)23-25-36(5)48(10,11)12;1-17(10-9-15-21(3,4)5)16-18(2)19-11-13-20(14-12-19)22(6,7)8;1-3-2/h20,22-30,33H,13-19,21,31-32,49-50H2,1-12H3;9-14H,1-2,15-16H2,3-8H3;3H2,1-2H3/b22-20-,34-24+,35-23+,36-25+,38-26+;10-9-;. The molecule has 0 aliphatic rings. The number of benzene rings is 3. The molecule has 0 amide bonds. The second-order valence-corrected chi connectivity index (χ2v) is 26.2. The number of aromatic nitrogens is 1. The van der Waals surface area contributed by atoms with Crippen LogP contribution < -0.4 is 11.5 Å². The Bertz CT molecular complexity index is 2650. The number of hydrogen-bond donors (Lipinski definition) is 2. The summed E-state index contributed by atoms with van der Waals surface area (Å²) in [6.07, 6.45) is 31.7. The molecule has 0 aliphatic heterocycles. The Balaban J connectivity index is 0.000000656. The van der Waals surface area contributed by atoms with Gasteiger partial charge in [-0.1, -0.05) is 277 Å². The Morgan fingerprint density at radius 3 is 1.74 bits per heavy atom. The van der Waals surface area contributed by atoms with E-state index in [1.807, 2.05) is 0 Å². The summed E-state index contributed by atoms with van der Waals surface area (Å²) in [6, 6.07) is 20.1. The summed E-state index contributed by atoms with van der Waals surface area (Å²) in [6.45, 7) is 53.9. The third-order valence-electron chi connectivity index (χ3n) is 14.1. The fourth-order valence-electron chi connectivity index (χ4n) is 8.78. The average molecular weight is 1030 g/mol. The maximum atomic E-state index is 6.92. The highest BCUT2D eigenvalue weighted by molar-refractivity contribution is 5.97. The number of rotatable bonds is 21. The van der Waals surface area contributed by atoms with Crippen molar-refractivity contribution >= 4 is 50.8 Å². The molecular formula is C73H111N3. The molecule has 0 saturated carbocycles. The largest absolute Gasteiger partial charge is 0.398 e. The SMILES string of the molecule is C=C(/C=C\CC(C)(C)C)CC(=C)c1ccc(C(C)(C)C)cc1.CCC.CCCCCCCCn1c(N)c(/C=C\CC(C)(C)C)c2ccc(/C(C)=C/C=C(\CCC)c3ccc(/C(C)=C/C=C(\C)C(C)(C)C)c(C)c3N)cc21. The molecule has 418 valence electrons. The molecule has 4 aromatic rings. The van der Waals surface area contributed by atoms with Gasteiger partial charge in [0.15, 0.2) is 0 Å². The number of nitrogens with zero attached hydrogens (tertiary/aromatic N) is 1. The van der Waals surface area contributed by atoms with Crippen molar-refractivity contribution in [1.29, 1.82) is 0 Å². The fraction of sp³-hybridized carbons (Fsp3) is 0.507. The molecule has 0 bridgehead atoms. The number of anilines is 2. The van der Waals surface area contributed by atoms with Gasteiger partial charge < -0.3 is 16.0 Å². The van der Waals surface area contributed by atoms with Gasteiger partial charge in [-0.3, -0.25) is 0 Å². The predicted molar refractivity (Wildman–Crippen MR) is 349 cm³/mol. The van der Waals surface area contributed by atoms with Crippen molar-refractivity contribution in [3.63, 3.8) is 0 Å². The Labute approximate surface area is 468 Å². The van der Waals surface area contributed by atoms with Gasteiger partial charge in [0.2, 0.25) is 0 Å². The second kappa shape index (κ2) is 31.2. The minimum absolute atomic E-state index is 0.156. The van der Waals surface area contributed by atoms with E-state index < -0.39 is 0 Å². The van der Waals surface area contributed by atoms with Gasteiger partial charge in [0.25, 0.3) is 0 Å². The highest BCUT2D eigenvalue weighted by Crippen LogP contribution is 2.36. The van der Waals surface area contributed by atoms with E-state index in [0.29, 0.717) is 5.41 Å². The van der Waals surface area contributed by atoms with E-state index in [4.69, 9.17) is 11.5 Å². The molecule has 3 nitrogen and oxygen atoms in total. The van der Waals surface area contributed by atoms with Crippen molar-refractivity contribution in [2.45, 2.75) is 227 Å². The second-order valence-electron chi connectivity index (χ2n) is 26.2. The zero-order valence-electron chi connectivity index (χ0n) is 52.5. The summed E-state index contributed by atoms with van der Waals surface area (Å²) in [7, 11) is 0. The Morgan fingerprint density at radius 2 is 1.17 bits per heavy atom. The van der Waals surface area contributed by atoms with E-state index in [2.05, 4.69) is 259 Å². The van der Waals surface area contributed by atoms with Crippen molar-refractivity contribution in [3.05, 3.63) is 160 Å². The van der Waals surface area contributed by atoms with Crippen molar-refractivity contribution in [3.8, 4) is 0 Å². The first-order chi connectivity index (χ1) is 35.4. The maximum Gasteiger partial charge on any atom is 0.111 e. The van der Waals surface area contributed by atoms with Crippen LogP contribution >= 0.6 is 0 Å². The van der Waals surface area contributed by atoms with Gasteiger partial charge in [-0.2, -0.15) is 0 Å². The van der Waals surface area contributed by atoms with Crippen LogP contribution in [0.25, 0.3) is 39.3 Å². The van der Waals surface area contributed by atoms with Gasteiger partial charge in [-0.25, -0.2) is 0 Å². The maximum absolute atomic E-state index is 6.92. The first-order valence-corrected chi connectivity index (χ1v) is 29.2. The number of nitrogens with two attached hydrogens (primary N) is 2. The molecule has 0 aliphatic carbocycles. The lowest BCUT2D eigenvalue weighted by atomic mass is 9.86. The van der Waals surface area contributed by atoms with E-state index in [1.165, 1.54) is 94.0 Å².